The molecule has 166 valence electrons. The Bertz CT molecular complexity index is 374. The van der Waals surface area contributed by atoms with E-state index in [-0.39, 0.29) is 6.61 Å². The number of hydrogen-bond donors (Lipinski definition) is 3. The minimum absolute atomic E-state index is 0.134. The topological polar surface area (TPSA) is 79.2 Å². The molecule has 1 rings (SSSR count). The molecule has 1 saturated heterocycles. The van der Waals surface area contributed by atoms with E-state index in [1.54, 1.807) is 0 Å². The number of allylic oxidation sites excluding steroid dienone is 1. The minimum atomic E-state index is -1.02. The van der Waals surface area contributed by atoms with Gasteiger partial charge < -0.3 is 24.8 Å². The van der Waals surface area contributed by atoms with Crippen molar-refractivity contribution < 1.29 is 24.8 Å². The van der Waals surface area contributed by atoms with Gasteiger partial charge in [-0.05, 0) is 12.8 Å². The third kappa shape index (κ3) is 11.5. The highest BCUT2D eigenvalue weighted by molar-refractivity contribution is 4.91. The van der Waals surface area contributed by atoms with Crippen LogP contribution in [0.5, 0.6) is 0 Å². The summed E-state index contributed by atoms with van der Waals surface area (Å²) in [5.74, 6) is 0. The summed E-state index contributed by atoms with van der Waals surface area (Å²) in [7, 11) is 0. The average Bonchev–Trinajstić information content (AvgIpc) is 3.07. The maximum absolute atomic E-state index is 9.86. The zero-order valence-electron chi connectivity index (χ0n) is 17.9. The summed E-state index contributed by atoms with van der Waals surface area (Å²) in [6, 6.07) is 0. The number of ether oxygens (including phenoxy) is 2. The van der Waals surface area contributed by atoms with E-state index in [0.717, 1.165) is 6.42 Å². The lowest BCUT2D eigenvalue weighted by Crippen LogP contribution is -2.42. The van der Waals surface area contributed by atoms with Crippen molar-refractivity contribution in [3.05, 3.63) is 12.2 Å². The number of unbranched alkanes of at least 4 members (excludes halogenated alkanes) is 12. The first-order chi connectivity index (χ1) is 13.7. The molecule has 0 amide bonds. The standard InChI is InChI=1S/C23H44O5/c1-2-3-4-5-6-7-8-9-10-11-12-13-14-15-16-17-27-23-21(26)19-28-22(23)20(25)18-24/h15-16,20-26H,2-14,17-19H2,1H3/b16-15+/t20-,21+,22+,23+/m0/s1. The lowest BCUT2D eigenvalue weighted by Gasteiger charge is -2.23. The van der Waals surface area contributed by atoms with E-state index in [2.05, 4.69) is 13.0 Å². The highest BCUT2D eigenvalue weighted by Gasteiger charge is 2.40. The van der Waals surface area contributed by atoms with Crippen molar-refractivity contribution in [3.8, 4) is 0 Å². The maximum Gasteiger partial charge on any atom is 0.115 e. The van der Waals surface area contributed by atoms with Gasteiger partial charge >= 0.3 is 0 Å². The first-order valence-electron chi connectivity index (χ1n) is 11.6. The Morgan fingerprint density at radius 2 is 1.50 bits per heavy atom. The smallest absolute Gasteiger partial charge is 0.115 e. The molecule has 0 aromatic rings. The molecule has 0 aromatic carbocycles. The van der Waals surface area contributed by atoms with E-state index in [1.165, 1.54) is 77.0 Å². The predicted molar refractivity (Wildman–Crippen MR) is 113 cm³/mol. The van der Waals surface area contributed by atoms with Gasteiger partial charge in [-0.1, -0.05) is 89.7 Å². The van der Waals surface area contributed by atoms with Gasteiger partial charge in [0.05, 0.1) is 19.8 Å². The Labute approximate surface area is 172 Å². The van der Waals surface area contributed by atoms with Gasteiger partial charge in [-0.3, -0.25) is 0 Å². The van der Waals surface area contributed by atoms with Crippen LogP contribution in [0.25, 0.3) is 0 Å². The number of aliphatic hydroxyl groups is 3. The first kappa shape index (κ1) is 25.6. The zero-order valence-corrected chi connectivity index (χ0v) is 17.9. The Morgan fingerprint density at radius 1 is 0.929 bits per heavy atom. The molecule has 0 bridgehead atoms. The quantitative estimate of drug-likeness (QED) is 0.238. The Hall–Kier alpha value is -0.460. The van der Waals surface area contributed by atoms with Gasteiger partial charge in [-0.15, -0.1) is 0 Å². The highest BCUT2D eigenvalue weighted by Crippen LogP contribution is 2.21. The highest BCUT2D eigenvalue weighted by atomic mass is 16.6. The van der Waals surface area contributed by atoms with Gasteiger partial charge in [0.2, 0.25) is 0 Å². The molecule has 1 aliphatic rings. The summed E-state index contributed by atoms with van der Waals surface area (Å²) in [4.78, 5) is 0. The second-order valence-electron chi connectivity index (χ2n) is 8.06. The minimum Gasteiger partial charge on any atom is -0.394 e. The molecule has 3 N–H and O–H groups in total. The second kappa shape index (κ2) is 17.4. The largest absolute Gasteiger partial charge is 0.394 e. The average molecular weight is 401 g/mol. The van der Waals surface area contributed by atoms with Gasteiger partial charge in [0, 0.05) is 0 Å². The van der Waals surface area contributed by atoms with Crippen molar-refractivity contribution in [2.75, 3.05) is 19.8 Å². The predicted octanol–water partition coefficient (Wildman–Crippen LogP) is 4.13. The van der Waals surface area contributed by atoms with E-state index >= 15 is 0 Å². The third-order valence-corrected chi connectivity index (χ3v) is 5.50. The van der Waals surface area contributed by atoms with Crippen molar-refractivity contribution in [3.63, 3.8) is 0 Å². The van der Waals surface area contributed by atoms with Crippen molar-refractivity contribution >= 4 is 0 Å². The molecule has 0 aliphatic carbocycles. The second-order valence-corrected chi connectivity index (χ2v) is 8.06. The summed E-state index contributed by atoms with van der Waals surface area (Å²) < 4.78 is 10.9. The molecular formula is C23H44O5. The van der Waals surface area contributed by atoms with E-state index in [4.69, 9.17) is 14.6 Å². The van der Waals surface area contributed by atoms with Crippen molar-refractivity contribution in [1.29, 1.82) is 0 Å². The van der Waals surface area contributed by atoms with Gasteiger partial charge in [0.25, 0.3) is 0 Å². The fourth-order valence-corrected chi connectivity index (χ4v) is 3.71. The van der Waals surface area contributed by atoms with Crippen LogP contribution >= 0.6 is 0 Å². The third-order valence-electron chi connectivity index (χ3n) is 5.50. The van der Waals surface area contributed by atoms with Crippen LogP contribution in [0.1, 0.15) is 90.4 Å². The lowest BCUT2D eigenvalue weighted by molar-refractivity contribution is -0.0879. The van der Waals surface area contributed by atoms with Gasteiger partial charge in [0.1, 0.15) is 24.4 Å². The molecule has 5 heteroatoms. The monoisotopic (exact) mass is 400 g/mol. The molecule has 28 heavy (non-hydrogen) atoms. The molecule has 0 saturated carbocycles. The van der Waals surface area contributed by atoms with Gasteiger partial charge in [-0.25, -0.2) is 0 Å². The van der Waals surface area contributed by atoms with Crippen molar-refractivity contribution in [2.24, 2.45) is 0 Å². The molecule has 5 nitrogen and oxygen atoms in total. The first-order valence-corrected chi connectivity index (χ1v) is 11.6. The molecule has 0 unspecified atom stereocenters. The van der Waals surface area contributed by atoms with Crippen LogP contribution in [-0.2, 0) is 9.47 Å². The van der Waals surface area contributed by atoms with E-state index in [0.29, 0.717) is 6.61 Å². The number of hydrogen-bond acceptors (Lipinski definition) is 5. The SMILES string of the molecule is CCCCCCCCCCCCCC/C=C/CO[C@H]1[C@@H]([C@@H](O)CO)OC[C@H]1O. The molecule has 1 heterocycles. The van der Waals surface area contributed by atoms with E-state index < -0.39 is 31.0 Å². The van der Waals surface area contributed by atoms with E-state index in [9.17, 15) is 10.2 Å². The Balaban J connectivity index is 1.90. The van der Waals surface area contributed by atoms with Crippen molar-refractivity contribution in [1.82, 2.24) is 0 Å². The van der Waals surface area contributed by atoms with Crippen molar-refractivity contribution in [2.45, 2.75) is 115 Å². The lowest BCUT2D eigenvalue weighted by atomic mass is 10.0. The van der Waals surface area contributed by atoms with Crippen LogP contribution in [0.2, 0.25) is 0 Å². The van der Waals surface area contributed by atoms with Crippen LogP contribution in [-0.4, -0.2) is 59.6 Å². The van der Waals surface area contributed by atoms with Gasteiger partial charge in [0.15, 0.2) is 0 Å². The summed E-state index contributed by atoms with van der Waals surface area (Å²) in [5, 5.41) is 28.6. The summed E-state index contributed by atoms with van der Waals surface area (Å²) >= 11 is 0. The fraction of sp³-hybridized carbons (Fsp3) is 0.913. The normalized spacial score (nSPS) is 23.6. The number of aliphatic hydroxyl groups excluding tert-OH is 3. The van der Waals surface area contributed by atoms with Crippen LogP contribution in [0.15, 0.2) is 12.2 Å². The summed E-state index contributed by atoms with van der Waals surface area (Å²) in [6.45, 7) is 2.39. The molecule has 0 spiro atoms. The number of rotatable bonds is 18. The molecule has 4 atom stereocenters. The fourth-order valence-electron chi connectivity index (χ4n) is 3.71. The molecule has 0 aromatic heterocycles. The maximum atomic E-state index is 9.86. The molecule has 1 aliphatic heterocycles. The summed E-state index contributed by atoms with van der Waals surface area (Å²) in [5.41, 5.74) is 0. The molecule has 1 fully saturated rings. The Kier molecular flexibility index (Phi) is 15.9. The van der Waals surface area contributed by atoms with Crippen LogP contribution in [0, 0.1) is 0 Å². The van der Waals surface area contributed by atoms with E-state index in [1.807, 2.05) is 6.08 Å². The molecular weight excluding hydrogens is 356 g/mol. The van der Waals surface area contributed by atoms with Gasteiger partial charge in [-0.2, -0.15) is 0 Å². The Morgan fingerprint density at radius 3 is 2.07 bits per heavy atom. The zero-order chi connectivity index (χ0) is 20.5. The molecule has 0 radical (unpaired) electrons. The van der Waals surface area contributed by atoms with Crippen LogP contribution in [0.4, 0.5) is 0 Å². The van der Waals surface area contributed by atoms with Crippen LogP contribution in [0.3, 0.4) is 0 Å². The summed E-state index contributed by atoms with van der Waals surface area (Å²) in [6.07, 6.45) is 18.4. The van der Waals surface area contributed by atoms with Crippen LogP contribution < -0.4 is 0 Å².